The average Bonchev–Trinajstić information content (AvgIpc) is 2.91. The van der Waals surface area contributed by atoms with Gasteiger partial charge in [0.2, 0.25) is 0 Å². The molecule has 0 saturated carbocycles. The molecular formula is C20H19NO2S. The van der Waals surface area contributed by atoms with E-state index in [1.807, 2.05) is 50.2 Å². The fourth-order valence-corrected chi connectivity index (χ4v) is 4.94. The van der Waals surface area contributed by atoms with Gasteiger partial charge in [-0.3, -0.25) is 4.72 Å². The molecule has 0 bridgehead atoms. The van der Waals surface area contributed by atoms with Crippen LogP contribution in [0.4, 0.5) is 5.69 Å². The summed E-state index contributed by atoms with van der Waals surface area (Å²) in [6.45, 7) is 3.92. The van der Waals surface area contributed by atoms with E-state index in [0.29, 0.717) is 10.6 Å². The van der Waals surface area contributed by atoms with Crippen molar-refractivity contribution in [3.63, 3.8) is 0 Å². The van der Waals surface area contributed by atoms with Crippen LogP contribution in [-0.4, -0.2) is 8.42 Å². The predicted octanol–water partition coefficient (Wildman–Crippen LogP) is 4.36. The largest absolute Gasteiger partial charge is 0.280 e. The Hall–Kier alpha value is -2.33. The molecule has 0 amide bonds. The highest BCUT2D eigenvalue weighted by Gasteiger charge is 2.22. The lowest BCUT2D eigenvalue weighted by Gasteiger charge is -2.13. The maximum Gasteiger partial charge on any atom is 0.262 e. The third-order valence-electron chi connectivity index (χ3n) is 4.60. The normalized spacial score (nSPS) is 13.4. The highest BCUT2D eigenvalue weighted by atomic mass is 32.2. The number of hydrogen-bond acceptors (Lipinski definition) is 2. The second kappa shape index (κ2) is 5.35. The zero-order valence-corrected chi connectivity index (χ0v) is 14.6. The Bertz CT molecular complexity index is 1040. The van der Waals surface area contributed by atoms with Crippen LogP contribution in [0.3, 0.4) is 0 Å². The highest BCUT2D eigenvalue weighted by molar-refractivity contribution is 7.93. The molecule has 0 unspecified atom stereocenters. The number of nitrogens with one attached hydrogen (secondary N) is 1. The minimum Gasteiger partial charge on any atom is -0.280 e. The molecule has 122 valence electrons. The van der Waals surface area contributed by atoms with Crippen molar-refractivity contribution in [1.82, 2.24) is 0 Å². The van der Waals surface area contributed by atoms with Gasteiger partial charge in [-0.15, -0.1) is 0 Å². The van der Waals surface area contributed by atoms with E-state index < -0.39 is 10.0 Å². The minimum atomic E-state index is -3.63. The summed E-state index contributed by atoms with van der Waals surface area (Å²) in [5.74, 6) is 0. The predicted molar refractivity (Wildman–Crippen MR) is 98.1 cm³/mol. The molecule has 0 radical (unpaired) electrons. The first-order valence-corrected chi connectivity index (χ1v) is 9.57. The molecule has 1 N–H and O–H groups in total. The van der Waals surface area contributed by atoms with Crippen LogP contribution in [0, 0.1) is 13.8 Å². The van der Waals surface area contributed by atoms with E-state index in [1.54, 1.807) is 6.07 Å². The van der Waals surface area contributed by atoms with Gasteiger partial charge in [0.15, 0.2) is 0 Å². The van der Waals surface area contributed by atoms with Crippen LogP contribution in [0.25, 0.3) is 10.8 Å². The average molecular weight is 337 g/mol. The molecule has 0 atom stereocenters. The zero-order chi connectivity index (χ0) is 16.9. The van der Waals surface area contributed by atoms with Crippen molar-refractivity contribution in [2.75, 3.05) is 4.72 Å². The highest BCUT2D eigenvalue weighted by Crippen LogP contribution is 2.35. The van der Waals surface area contributed by atoms with Gasteiger partial charge in [0.25, 0.3) is 10.0 Å². The Morgan fingerprint density at radius 3 is 2.25 bits per heavy atom. The van der Waals surface area contributed by atoms with Gasteiger partial charge >= 0.3 is 0 Å². The lowest BCUT2D eigenvalue weighted by molar-refractivity contribution is 0.602. The van der Waals surface area contributed by atoms with Crippen LogP contribution < -0.4 is 4.72 Å². The standard InChI is InChI=1S/C20H19NO2S/c1-13-10-14(2)12-17(11-13)21-24(22,23)19-9-8-16-7-6-15-4-3-5-18(19)20(15)16/h3-5,8-12,21H,6-7H2,1-2H3. The van der Waals surface area contributed by atoms with Crippen molar-refractivity contribution in [3.05, 3.63) is 70.8 Å². The fraction of sp³-hybridized carbons (Fsp3) is 0.200. The summed E-state index contributed by atoms with van der Waals surface area (Å²) in [5.41, 5.74) is 5.16. The van der Waals surface area contributed by atoms with Gasteiger partial charge in [-0.05, 0) is 72.5 Å². The molecule has 1 aliphatic rings. The molecule has 1 aliphatic carbocycles. The van der Waals surface area contributed by atoms with Gasteiger partial charge in [-0.2, -0.15) is 0 Å². The summed E-state index contributed by atoms with van der Waals surface area (Å²) in [5, 5.41) is 1.93. The summed E-state index contributed by atoms with van der Waals surface area (Å²) in [7, 11) is -3.63. The molecular weight excluding hydrogens is 318 g/mol. The second-order valence-corrected chi connectivity index (χ2v) is 8.20. The topological polar surface area (TPSA) is 46.2 Å². The smallest absolute Gasteiger partial charge is 0.262 e. The van der Waals surface area contributed by atoms with Crippen molar-refractivity contribution >= 4 is 26.5 Å². The van der Waals surface area contributed by atoms with Crippen molar-refractivity contribution in [2.45, 2.75) is 31.6 Å². The third kappa shape index (κ3) is 2.47. The summed E-state index contributed by atoms with van der Waals surface area (Å²) in [6, 6.07) is 15.4. The lowest BCUT2D eigenvalue weighted by atomic mass is 10.1. The van der Waals surface area contributed by atoms with Crippen LogP contribution in [0.5, 0.6) is 0 Å². The molecule has 0 aromatic heterocycles. The van der Waals surface area contributed by atoms with Crippen LogP contribution >= 0.6 is 0 Å². The quantitative estimate of drug-likeness (QED) is 0.772. The molecule has 0 fully saturated rings. The van der Waals surface area contributed by atoms with E-state index in [-0.39, 0.29) is 0 Å². The molecule has 0 aliphatic heterocycles. The number of aryl methyl sites for hydroxylation is 4. The van der Waals surface area contributed by atoms with Gasteiger partial charge in [-0.25, -0.2) is 8.42 Å². The van der Waals surface area contributed by atoms with E-state index >= 15 is 0 Å². The summed E-state index contributed by atoms with van der Waals surface area (Å²) in [6.07, 6.45) is 1.97. The molecule has 4 rings (SSSR count). The number of hydrogen-bond donors (Lipinski definition) is 1. The first-order valence-electron chi connectivity index (χ1n) is 8.09. The first kappa shape index (κ1) is 15.2. The van der Waals surface area contributed by atoms with Gasteiger partial charge < -0.3 is 0 Å². The van der Waals surface area contributed by atoms with Crippen molar-refractivity contribution in [3.8, 4) is 0 Å². The molecule has 3 aromatic carbocycles. The Morgan fingerprint density at radius 2 is 1.54 bits per heavy atom. The monoisotopic (exact) mass is 337 g/mol. The Balaban J connectivity index is 1.85. The molecule has 3 nitrogen and oxygen atoms in total. The van der Waals surface area contributed by atoms with Crippen LogP contribution in [-0.2, 0) is 22.9 Å². The van der Waals surface area contributed by atoms with Crippen molar-refractivity contribution in [1.29, 1.82) is 0 Å². The molecule has 0 spiro atoms. The molecule has 0 heterocycles. The van der Waals surface area contributed by atoms with E-state index in [9.17, 15) is 8.42 Å². The Kier molecular flexibility index (Phi) is 3.39. The summed E-state index contributed by atoms with van der Waals surface area (Å²) in [4.78, 5) is 0.351. The maximum absolute atomic E-state index is 13.0. The number of sulfonamides is 1. The summed E-state index contributed by atoms with van der Waals surface area (Å²) >= 11 is 0. The van der Waals surface area contributed by atoms with Crippen molar-refractivity contribution in [2.24, 2.45) is 0 Å². The number of benzene rings is 3. The summed E-state index contributed by atoms with van der Waals surface area (Å²) < 4.78 is 28.7. The van der Waals surface area contributed by atoms with E-state index in [1.165, 1.54) is 11.1 Å². The van der Waals surface area contributed by atoms with Crippen LogP contribution in [0.1, 0.15) is 22.3 Å². The SMILES string of the molecule is Cc1cc(C)cc(NS(=O)(=O)c2ccc3c4c(cccc24)CC3)c1. The van der Waals surface area contributed by atoms with Gasteiger partial charge in [0.1, 0.15) is 0 Å². The van der Waals surface area contributed by atoms with E-state index in [4.69, 9.17) is 0 Å². The first-order chi connectivity index (χ1) is 11.4. The number of anilines is 1. The minimum absolute atomic E-state index is 0.351. The van der Waals surface area contributed by atoms with Gasteiger partial charge in [0, 0.05) is 11.1 Å². The van der Waals surface area contributed by atoms with E-state index in [2.05, 4.69) is 10.8 Å². The molecule has 3 aromatic rings. The maximum atomic E-state index is 13.0. The van der Waals surface area contributed by atoms with Gasteiger partial charge in [-0.1, -0.05) is 30.3 Å². The van der Waals surface area contributed by atoms with E-state index in [0.717, 1.165) is 34.7 Å². The van der Waals surface area contributed by atoms with Crippen molar-refractivity contribution < 1.29 is 8.42 Å². The lowest BCUT2D eigenvalue weighted by Crippen LogP contribution is -2.13. The fourth-order valence-electron chi connectivity index (χ4n) is 3.70. The molecule has 4 heteroatoms. The van der Waals surface area contributed by atoms with Crippen LogP contribution in [0.2, 0.25) is 0 Å². The third-order valence-corrected chi connectivity index (χ3v) is 6.04. The van der Waals surface area contributed by atoms with Crippen LogP contribution in [0.15, 0.2) is 53.4 Å². The molecule has 0 saturated heterocycles. The zero-order valence-electron chi connectivity index (χ0n) is 13.8. The Morgan fingerprint density at radius 1 is 0.875 bits per heavy atom. The van der Waals surface area contributed by atoms with Gasteiger partial charge in [0.05, 0.1) is 4.90 Å². The second-order valence-electron chi connectivity index (χ2n) is 6.54. The Labute approximate surface area is 142 Å². The molecule has 24 heavy (non-hydrogen) atoms. The number of rotatable bonds is 3.